The van der Waals surface area contributed by atoms with Gasteiger partial charge in [0.05, 0.1) is 5.92 Å². The van der Waals surface area contributed by atoms with Gasteiger partial charge in [-0.05, 0) is 78.9 Å². The van der Waals surface area contributed by atoms with Crippen LogP contribution in [0.25, 0.3) is 0 Å². The Labute approximate surface area is 152 Å². The molecule has 1 aromatic carbocycles. The van der Waals surface area contributed by atoms with Crippen LogP contribution in [0.15, 0.2) is 18.2 Å². The quantitative estimate of drug-likeness (QED) is 0.619. The van der Waals surface area contributed by atoms with Crippen molar-refractivity contribution in [1.82, 2.24) is 0 Å². The van der Waals surface area contributed by atoms with Crippen LogP contribution >= 0.6 is 0 Å². The molecule has 0 radical (unpaired) electrons. The van der Waals surface area contributed by atoms with E-state index in [2.05, 4.69) is 19.1 Å². The van der Waals surface area contributed by atoms with Gasteiger partial charge in [0.2, 0.25) is 0 Å². The van der Waals surface area contributed by atoms with Gasteiger partial charge >= 0.3 is 6.18 Å². The molecule has 0 bridgehead atoms. The molecule has 0 amide bonds. The zero-order valence-corrected chi connectivity index (χ0v) is 15.1. The molecule has 0 saturated heterocycles. The van der Waals surface area contributed by atoms with Crippen molar-refractivity contribution in [2.75, 3.05) is 0 Å². The van der Waals surface area contributed by atoms with E-state index in [0.29, 0.717) is 23.5 Å². The molecule has 0 aromatic heterocycles. The second kappa shape index (κ2) is 5.36. The number of halogens is 3. The number of hydrogen-bond donors (Lipinski definition) is 0. The van der Waals surface area contributed by atoms with E-state index in [0.717, 1.165) is 44.1 Å². The number of rotatable bonds is 1. The molecule has 0 spiro atoms. The molecule has 4 heteroatoms. The topological polar surface area (TPSA) is 17.1 Å². The predicted molar refractivity (Wildman–Crippen MR) is 93.0 cm³/mol. The smallest absolute Gasteiger partial charge is 0.299 e. The fourth-order valence-electron chi connectivity index (χ4n) is 6.53. The van der Waals surface area contributed by atoms with Crippen molar-refractivity contribution in [3.05, 3.63) is 34.9 Å². The molecule has 0 N–H and O–H groups in total. The highest BCUT2D eigenvalue weighted by atomic mass is 19.4. The standard InChI is InChI=1S/C22H25F3O/c1-21-9-8-15-14-4-2-13(17-11-19(17)22(23,24)25)10-12(14)3-5-16(15)18(21)6-7-20(21)26/h2,4,10,15-19H,3,5-9,11H2,1H3/t15-,16-,17?,18+,19?,21+/m1/s1. The van der Waals surface area contributed by atoms with Crippen molar-refractivity contribution in [3.63, 3.8) is 0 Å². The van der Waals surface area contributed by atoms with E-state index in [-0.39, 0.29) is 17.8 Å². The molecule has 4 aliphatic rings. The summed E-state index contributed by atoms with van der Waals surface area (Å²) in [7, 11) is 0. The lowest BCUT2D eigenvalue weighted by Crippen LogP contribution is -2.42. The molecule has 2 unspecified atom stereocenters. The summed E-state index contributed by atoms with van der Waals surface area (Å²) in [5.74, 6) is 0.544. The Hall–Kier alpha value is -1.32. The van der Waals surface area contributed by atoms with Gasteiger partial charge in [-0.1, -0.05) is 25.1 Å². The summed E-state index contributed by atoms with van der Waals surface area (Å²) in [6.07, 6.45) is 2.00. The molecule has 3 saturated carbocycles. The molecule has 0 aliphatic heterocycles. The summed E-state index contributed by atoms with van der Waals surface area (Å²) in [4.78, 5) is 12.4. The van der Waals surface area contributed by atoms with E-state index in [1.165, 1.54) is 11.1 Å². The van der Waals surface area contributed by atoms with Crippen LogP contribution in [0.2, 0.25) is 0 Å². The fraction of sp³-hybridized carbons (Fsp3) is 0.682. The molecule has 1 aromatic rings. The van der Waals surface area contributed by atoms with Crippen LogP contribution in [-0.2, 0) is 11.2 Å². The van der Waals surface area contributed by atoms with Crippen molar-refractivity contribution in [3.8, 4) is 0 Å². The average Bonchev–Trinajstić information content (AvgIpc) is 3.35. The first-order valence-corrected chi connectivity index (χ1v) is 10.0. The Kier molecular flexibility index (Phi) is 3.47. The SMILES string of the molecule is C[C@]12CC[C@@H]3c4ccc(C5CC5C(F)(F)F)cc4CC[C@H]3[C@@H]1CCC2=O. The zero-order chi connectivity index (χ0) is 18.3. The summed E-state index contributed by atoms with van der Waals surface area (Å²) in [6.45, 7) is 2.17. The highest BCUT2D eigenvalue weighted by molar-refractivity contribution is 5.87. The van der Waals surface area contributed by atoms with Gasteiger partial charge in [0.1, 0.15) is 5.78 Å². The van der Waals surface area contributed by atoms with Crippen molar-refractivity contribution >= 4 is 5.78 Å². The fourth-order valence-corrected chi connectivity index (χ4v) is 6.53. The van der Waals surface area contributed by atoms with Crippen molar-refractivity contribution in [2.24, 2.45) is 23.2 Å². The van der Waals surface area contributed by atoms with Crippen LogP contribution in [0.1, 0.15) is 74.0 Å². The number of benzene rings is 1. The average molecular weight is 362 g/mol. The number of carbonyl (C=O) groups is 1. The molecular formula is C22H25F3O. The lowest BCUT2D eigenvalue weighted by atomic mass is 9.55. The summed E-state index contributed by atoms with van der Waals surface area (Å²) in [5, 5.41) is 0. The van der Waals surface area contributed by atoms with E-state index in [1.54, 1.807) is 0 Å². The third-order valence-corrected chi connectivity index (χ3v) is 8.10. The third-order valence-electron chi connectivity index (χ3n) is 8.10. The van der Waals surface area contributed by atoms with E-state index in [1.807, 2.05) is 6.07 Å². The molecule has 5 rings (SSSR count). The first-order valence-electron chi connectivity index (χ1n) is 10.0. The van der Waals surface area contributed by atoms with E-state index >= 15 is 0 Å². The molecular weight excluding hydrogens is 337 g/mol. The number of Topliss-reactive ketones (excluding diaryl/α,β-unsaturated/α-hetero) is 1. The number of carbonyl (C=O) groups excluding carboxylic acids is 1. The van der Waals surface area contributed by atoms with Crippen LogP contribution in [0, 0.1) is 23.2 Å². The highest BCUT2D eigenvalue weighted by Crippen LogP contribution is 2.60. The molecule has 0 heterocycles. The molecule has 26 heavy (non-hydrogen) atoms. The Morgan fingerprint density at radius 3 is 2.62 bits per heavy atom. The first-order chi connectivity index (χ1) is 12.3. The molecule has 140 valence electrons. The Morgan fingerprint density at radius 1 is 1.08 bits per heavy atom. The van der Waals surface area contributed by atoms with Gasteiger partial charge in [-0.25, -0.2) is 0 Å². The third kappa shape index (κ3) is 2.33. The van der Waals surface area contributed by atoms with Gasteiger partial charge in [-0.3, -0.25) is 4.79 Å². The van der Waals surface area contributed by atoms with Crippen LogP contribution in [0.3, 0.4) is 0 Å². The predicted octanol–water partition coefficient (Wildman–Crippen LogP) is 5.78. The minimum atomic E-state index is -4.06. The van der Waals surface area contributed by atoms with Gasteiger partial charge in [-0.15, -0.1) is 0 Å². The number of alkyl halides is 3. The maximum Gasteiger partial charge on any atom is 0.392 e. The largest absolute Gasteiger partial charge is 0.392 e. The monoisotopic (exact) mass is 362 g/mol. The molecule has 6 atom stereocenters. The number of ketones is 1. The summed E-state index contributed by atoms with van der Waals surface area (Å²) in [6, 6.07) is 6.13. The van der Waals surface area contributed by atoms with E-state index < -0.39 is 12.1 Å². The minimum absolute atomic E-state index is 0.118. The summed E-state index contributed by atoms with van der Waals surface area (Å²) in [5.41, 5.74) is 3.38. The first kappa shape index (κ1) is 16.8. The summed E-state index contributed by atoms with van der Waals surface area (Å²) >= 11 is 0. The summed E-state index contributed by atoms with van der Waals surface area (Å²) < 4.78 is 38.7. The van der Waals surface area contributed by atoms with E-state index in [9.17, 15) is 18.0 Å². The van der Waals surface area contributed by atoms with Crippen LogP contribution in [0.4, 0.5) is 13.2 Å². The lowest BCUT2D eigenvalue weighted by molar-refractivity contribution is -0.148. The van der Waals surface area contributed by atoms with Gasteiger partial charge in [0.25, 0.3) is 0 Å². The Balaban J connectivity index is 1.41. The second-order valence-corrected chi connectivity index (χ2v) is 9.28. The van der Waals surface area contributed by atoms with E-state index in [4.69, 9.17) is 0 Å². The van der Waals surface area contributed by atoms with Crippen LogP contribution in [-0.4, -0.2) is 12.0 Å². The zero-order valence-electron chi connectivity index (χ0n) is 15.1. The molecule has 3 fully saturated rings. The minimum Gasteiger partial charge on any atom is -0.299 e. The van der Waals surface area contributed by atoms with Gasteiger partial charge < -0.3 is 0 Å². The normalized spacial score (nSPS) is 41.4. The van der Waals surface area contributed by atoms with Crippen LogP contribution in [0.5, 0.6) is 0 Å². The van der Waals surface area contributed by atoms with Gasteiger partial charge in [0, 0.05) is 11.8 Å². The Morgan fingerprint density at radius 2 is 1.88 bits per heavy atom. The molecule has 4 aliphatic carbocycles. The van der Waals surface area contributed by atoms with Crippen molar-refractivity contribution in [1.29, 1.82) is 0 Å². The Bertz CT molecular complexity index is 767. The van der Waals surface area contributed by atoms with Crippen LogP contribution < -0.4 is 0 Å². The number of hydrogen-bond acceptors (Lipinski definition) is 1. The van der Waals surface area contributed by atoms with Crippen molar-refractivity contribution < 1.29 is 18.0 Å². The number of aryl methyl sites for hydroxylation is 1. The number of fused-ring (bicyclic) bond motifs is 5. The second-order valence-electron chi connectivity index (χ2n) is 9.28. The van der Waals surface area contributed by atoms with Gasteiger partial charge in [-0.2, -0.15) is 13.2 Å². The maximum absolute atomic E-state index is 12.9. The van der Waals surface area contributed by atoms with Gasteiger partial charge in [0.15, 0.2) is 0 Å². The highest BCUT2D eigenvalue weighted by Gasteiger charge is 2.57. The lowest BCUT2D eigenvalue weighted by Gasteiger charge is -2.48. The molecule has 1 nitrogen and oxygen atoms in total. The maximum atomic E-state index is 12.9. The van der Waals surface area contributed by atoms with Crippen molar-refractivity contribution in [2.45, 2.75) is 69.9 Å².